The number of carbonyl (C=O) groups is 2. The highest BCUT2D eigenvalue weighted by atomic mass is 16.3. The number of nitrogens with one attached hydrogen (secondary N) is 1. The molecule has 2 bridgehead atoms. The van der Waals surface area contributed by atoms with Crippen LogP contribution in [0.4, 0.5) is 0 Å². The molecule has 0 aromatic heterocycles. The van der Waals surface area contributed by atoms with E-state index < -0.39 is 11.0 Å². The molecule has 2 saturated heterocycles. The van der Waals surface area contributed by atoms with Crippen molar-refractivity contribution in [1.82, 2.24) is 15.1 Å². The number of piperidine rings is 1. The van der Waals surface area contributed by atoms with Crippen molar-refractivity contribution < 1.29 is 19.8 Å². The van der Waals surface area contributed by atoms with E-state index in [0.717, 1.165) is 61.3 Å². The fourth-order valence-electron chi connectivity index (χ4n) is 6.79. The van der Waals surface area contributed by atoms with Crippen LogP contribution in [-0.4, -0.2) is 70.7 Å². The Bertz CT molecular complexity index is 1060. The lowest BCUT2D eigenvalue weighted by atomic mass is 9.49. The fraction of sp³-hybridized carbons (Fsp3) is 0.538. The van der Waals surface area contributed by atoms with Crippen LogP contribution in [0.25, 0.3) is 0 Å². The lowest BCUT2D eigenvalue weighted by Gasteiger charge is -2.63. The standard InChI is InChI=1S/C26H33N3O4/c1-17(24(32)29-8-3-4-9-29)11-19-14-26(33)23-12-18-5-6-20(31)13-21(18)25(26,7-10-28(23)2)15-22(19)27-16-30/h5-6,11,13,16,23,31,33H,3-4,7-10,12,14-15H2,1-2H3,(H,27,30)/b17-11+/t23?,25-,26?/m1/s1. The average molecular weight is 452 g/mol. The normalized spacial score (nSPS) is 31.8. The molecule has 2 aliphatic carbocycles. The van der Waals surface area contributed by atoms with Gasteiger partial charge in [0.1, 0.15) is 5.75 Å². The van der Waals surface area contributed by atoms with Crippen LogP contribution < -0.4 is 5.32 Å². The minimum atomic E-state index is -1.07. The van der Waals surface area contributed by atoms with Gasteiger partial charge in [0.15, 0.2) is 0 Å². The minimum Gasteiger partial charge on any atom is -0.508 e. The molecular formula is C26H33N3O4. The van der Waals surface area contributed by atoms with Gasteiger partial charge in [-0.25, -0.2) is 0 Å². The molecule has 7 heteroatoms. The summed E-state index contributed by atoms with van der Waals surface area (Å²) in [5, 5.41) is 25.6. The van der Waals surface area contributed by atoms with Crippen molar-refractivity contribution in [2.45, 2.75) is 62.5 Å². The van der Waals surface area contributed by atoms with Gasteiger partial charge in [0.25, 0.3) is 0 Å². The predicted molar refractivity (Wildman–Crippen MR) is 125 cm³/mol. The van der Waals surface area contributed by atoms with E-state index in [4.69, 9.17) is 0 Å². The number of aromatic hydroxyl groups is 1. The van der Waals surface area contributed by atoms with E-state index in [1.54, 1.807) is 12.1 Å². The number of rotatable bonds is 4. The number of carbonyl (C=O) groups excluding carboxylic acids is 2. The lowest BCUT2D eigenvalue weighted by molar-refractivity contribution is -0.144. The van der Waals surface area contributed by atoms with Gasteiger partial charge in [-0.15, -0.1) is 0 Å². The second-order valence-corrected chi connectivity index (χ2v) is 10.2. The van der Waals surface area contributed by atoms with Crippen LogP contribution >= 0.6 is 0 Å². The first kappa shape index (κ1) is 22.2. The van der Waals surface area contributed by atoms with Crippen molar-refractivity contribution in [1.29, 1.82) is 0 Å². The zero-order valence-electron chi connectivity index (χ0n) is 19.4. The summed E-state index contributed by atoms with van der Waals surface area (Å²) in [6.45, 7) is 4.21. The quantitative estimate of drug-likeness (QED) is 0.481. The Kier molecular flexibility index (Phi) is 5.37. The molecule has 5 rings (SSSR count). The summed E-state index contributed by atoms with van der Waals surface area (Å²) in [4.78, 5) is 28.6. The summed E-state index contributed by atoms with van der Waals surface area (Å²) in [7, 11) is 2.05. The molecule has 2 amide bonds. The molecule has 176 valence electrons. The topological polar surface area (TPSA) is 93.1 Å². The van der Waals surface area contributed by atoms with Crippen LogP contribution in [0.5, 0.6) is 5.75 Å². The van der Waals surface area contributed by atoms with Gasteiger partial charge in [-0.05, 0) is 81.1 Å². The van der Waals surface area contributed by atoms with Crippen LogP contribution in [0, 0.1) is 0 Å². The number of allylic oxidation sites excluding steroid dienone is 2. The van der Waals surface area contributed by atoms with Gasteiger partial charge in [0, 0.05) is 48.7 Å². The monoisotopic (exact) mass is 451 g/mol. The minimum absolute atomic E-state index is 0.0222. The molecule has 2 aliphatic heterocycles. The third-order valence-corrected chi connectivity index (χ3v) is 8.51. The number of aliphatic hydroxyl groups is 1. The van der Waals surface area contributed by atoms with Crippen LogP contribution in [0.1, 0.15) is 50.2 Å². The Hall–Kier alpha value is -2.64. The highest BCUT2D eigenvalue weighted by molar-refractivity contribution is 5.93. The molecule has 2 unspecified atom stereocenters. The van der Waals surface area contributed by atoms with Crippen molar-refractivity contribution in [3.8, 4) is 5.75 Å². The molecule has 1 aromatic carbocycles. The number of benzene rings is 1. The first-order valence-electron chi connectivity index (χ1n) is 11.9. The Morgan fingerprint density at radius 1 is 1.21 bits per heavy atom. The first-order valence-corrected chi connectivity index (χ1v) is 11.9. The summed E-state index contributed by atoms with van der Waals surface area (Å²) >= 11 is 0. The van der Waals surface area contributed by atoms with Crippen molar-refractivity contribution in [3.05, 3.63) is 52.2 Å². The zero-order chi connectivity index (χ0) is 23.4. The summed E-state index contributed by atoms with van der Waals surface area (Å²) in [5.74, 6) is 0.212. The van der Waals surface area contributed by atoms with E-state index in [-0.39, 0.29) is 17.7 Å². The van der Waals surface area contributed by atoms with E-state index in [2.05, 4.69) is 17.3 Å². The number of nitrogens with zero attached hydrogens (tertiary/aromatic N) is 2. The van der Waals surface area contributed by atoms with Crippen molar-refractivity contribution >= 4 is 12.3 Å². The largest absolute Gasteiger partial charge is 0.508 e. The van der Waals surface area contributed by atoms with E-state index in [0.29, 0.717) is 31.2 Å². The highest BCUT2D eigenvalue weighted by Gasteiger charge is 2.64. The van der Waals surface area contributed by atoms with Crippen molar-refractivity contribution in [3.63, 3.8) is 0 Å². The molecule has 2 fully saturated rings. The molecule has 3 N–H and O–H groups in total. The first-order chi connectivity index (χ1) is 15.8. The van der Waals surface area contributed by atoms with Crippen molar-refractivity contribution in [2.24, 2.45) is 0 Å². The summed E-state index contributed by atoms with van der Waals surface area (Å²) < 4.78 is 0. The fourth-order valence-corrected chi connectivity index (χ4v) is 6.79. The Balaban J connectivity index is 1.62. The number of phenolic OH excluding ortho intramolecular Hbond substituents is 1. The molecule has 1 aromatic rings. The molecule has 0 spiro atoms. The number of phenols is 1. The zero-order valence-corrected chi connectivity index (χ0v) is 19.4. The number of amides is 2. The summed E-state index contributed by atoms with van der Waals surface area (Å²) in [6.07, 6.45) is 6.83. The highest BCUT2D eigenvalue weighted by Crippen LogP contribution is 2.59. The van der Waals surface area contributed by atoms with Crippen molar-refractivity contribution in [2.75, 3.05) is 26.7 Å². The molecule has 0 radical (unpaired) electrons. The maximum absolute atomic E-state index is 12.9. The molecule has 4 aliphatic rings. The van der Waals surface area contributed by atoms with Gasteiger partial charge >= 0.3 is 0 Å². The van der Waals surface area contributed by atoms with E-state index in [1.807, 2.05) is 24.0 Å². The summed E-state index contributed by atoms with van der Waals surface area (Å²) in [5.41, 5.74) is 2.64. The lowest BCUT2D eigenvalue weighted by Crippen LogP contribution is -2.72. The van der Waals surface area contributed by atoms with Gasteiger partial charge in [-0.2, -0.15) is 0 Å². The van der Waals surface area contributed by atoms with Gasteiger partial charge < -0.3 is 25.3 Å². The van der Waals surface area contributed by atoms with Crippen LogP contribution in [0.15, 0.2) is 41.1 Å². The molecule has 3 atom stereocenters. The van der Waals surface area contributed by atoms with E-state index in [9.17, 15) is 19.8 Å². The van der Waals surface area contributed by atoms with Gasteiger partial charge in [0.2, 0.25) is 12.3 Å². The maximum Gasteiger partial charge on any atom is 0.249 e. The smallest absolute Gasteiger partial charge is 0.249 e. The van der Waals surface area contributed by atoms with Crippen LogP contribution in [0.3, 0.4) is 0 Å². The maximum atomic E-state index is 12.9. The van der Waals surface area contributed by atoms with E-state index in [1.165, 1.54) is 0 Å². The van der Waals surface area contributed by atoms with Gasteiger partial charge in [-0.3, -0.25) is 9.59 Å². The Morgan fingerprint density at radius 3 is 2.70 bits per heavy atom. The molecule has 2 heterocycles. The Morgan fingerprint density at radius 2 is 1.97 bits per heavy atom. The third-order valence-electron chi connectivity index (χ3n) is 8.51. The number of fused-ring (bicyclic) bond motifs is 1. The SMILES string of the molecule is C/C(=C\C1=C(NC=O)C[C@]23CCN(C)C(Cc4ccc(O)cc42)C3(O)C1)C(=O)N1CCCC1. The third kappa shape index (κ3) is 3.32. The second-order valence-electron chi connectivity index (χ2n) is 10.2. The van der Waals surface area contributed by atoms with Gasteiger partial charge in [0.05, 0.1) is 5.60 Å². The average Bonchev–Trinajstić information content (AvgIpc) is 3.32. The molecule has 0 saturated carbocycles. The molecule has 7 nitrogen and oxygen atoms in total. The van der Waals surface area contributed by atoms with Gasteiger partial charge in [-0.1, -0.05) is 6.07 Å². The molecular weight excluding hydrogens is 418 g/mol. The predicted octanol–water partition coefficient (Wildman–Crippen LogP) is 1.98. The van der Waals surface area contributed by atoms with Crippen LogP contribution in [0.2, 0.25) is 0 Å². The number of hydrogen-bond acceptors (Lipinski definition) is 5. The second kappa shape index (κ2) is 7.99. The summed E-state index contributed by atoms with van der Waals surface area (Å²) in [6, 6.07) is 5.38. The molecule has 33 heavy (non-hydrogen) atoms. The number of likely N-dealkylation sites (N-methyl/N-ethyl adjacent to an activating group) is 1. The van der Waals surface area contributed by atoms with E-state index >= 15 is 0 Å². The number of hydrogen-bond donors (Lipinski definition) is 3. The Labute approximate surface area is 194 Å². The number of likely N-dealkylation sites (tertiary alicyclic amines) is 2. The van der Waals surface area contributed by atoms with Crippen LogP contribution in [-0.2, 0) is 21.4 Å².